The number of likely N-dealkylation sites (N-methyl/N-ethyl adjacent to an activating group) is 1. The molecule has 0 aromatic heterocycles. The van der Waals surface area contributed by atoms with Crippen LogP contribution in [0.4, 0.5) is 0 Å². The number of benzene rings is 1. The molecule has 1 aromatic carbocycles. The monoisotopic (exact) mass is 209 g/mol. The Kier molecular flexibility index (Phi) is 2.97. The molecule has 2 N–H and O–H groups in total. The number of rotatable bonds is 3. The Morgan fingerprint density at radius 2 is 2.13 bits per heavy atom. The van der Waals surface area contributed by atoms with E-state index in [2.05, 4.69) is 5.32 Å². The second-order valence-corrected chi connectivity index (χ2v) is 3.45. The van der Waals surface area contributed by atoms with Gasteiger partial charge in [0.05, 0.1) is 0 Å². The fourth-order valence-corrected chi connectivity index (χ4v) is 1.60. The second kappa shape index (κ2) is 4.40. The van der Waals surface area contributed by atoms with Crippen molar-refractivity contribution in [1.29, 1.82) is 0 Å². The molecule has 0 aliphatic carbocycles. The first-order valence-electron chi connectivity index (χ1n) is 5.08. The fourth-order valence-electron chi connectivity index (χ4n) is 1.60. The SMILES string of the molecule is CNCCc1ccc2c(c1O)OCCO2. The summed E-state index contributed by atoms with van der Waals surface area (Å²) in [5.41, 5.74) is 0.883. The van der Waals surface area contributed by atoms with Crippen LogP contribution in [-0.2, 0) is 6.42 Å². The van der Waals surface area contributed by atoms with E-state index in [0.717, 1.165) is 18.5 Å². The molecule has 0 spiro atoms. The molecule has 0 saturated heterocycles. The summed E-state index contributed by atoms with van der Waals surface area (Å²) in [6.07, 6.45) is 0.777. The molecule has 1 aliphatic rings. The third kappa shape index (κ3) is 1.99. The molecular formula is C11H15NO3. The molecule has 0 saturated carbocycles. The van der Waals surface area contributed by atoms with E-state index >= 15 is 0 Å². The first-order valence-corrected chi connectivity index (χ1v) is 5.08. The van der Waals surface area contributed by atoms with Crippen molar-refractivity contribution in [2.75, 3.05) is 26.8 Å². The molecule has 4 heteroatoms. The van der Waals surface area contributed by atoms with Crippen molar-refractivity contribution in [1.82, 2.24) is 5.32 Å². The van der Waals surface area contributed by atoms with Crippen LogP contribution in [0.1, 0.15) is 5.56 Å². The minimum atomic E-state index is 0.211. The van der Waals surface area contributed by atoms with Crippen LogP contribution >= 0.6 is 0 Å². The van der Waals surface area contributed by atoms with E-state index in [-0.39, 0.29) is 5.75 Å². The van der Waals surface area contributed by atoms with Crippen LogP contribution in [0, 0.1) is 0 Å². The molecule has 0 amide bonds. The van der Waals surface area contributed by atoms with Crippen molar-refractivity contribution in [3.8, 4) is 17.2 Å². The third-order valence-electron chi connectivity index (χ3n) is 2.41. The van der Waals surface area contributed by atoms with Crippen LogP contribution in [0.5, 0.6) is 17.2 Å². The van der Waals surface area contributed by atoms with Crippen LogP contribution in [0.3, 0.4) is 0 Å². The van der Waals surface area contributed by atoms with Gasteiger partial charge in [0.25, 0.3) is 0 Å². The average molecular weight is 209 g/mol. The lowest BCUT2D eigenvalue weighted by atomic mass is 10.1. The van der Waals surface area contributed by atoms with Gasteiger partial charge in [0.15, 0.2) is 11.5 Å². The Balaban J connectivity index is 2.26. The minimum Gasteiger partial charge on any atom is -0.504 e. The number of hydrogen-bond acceptors (Lipinski definition) is 4. The number of phenols is 1. The maximum atomic E-state index is 9.93. The fraction of sp³-hybridized carbons (Fsp3) is 0.455. The largest absolute Gasteiger partial charge is 0.504 e. The van der Waals surface area contributed by atoms with Gasteiger partial charge in [0.1, 0.15) is 13.2 Å². The molecule has 1 aromatic rings. The molecule has 0 atom stereocenters. The van der Waals surface area contributed by atoms with Gasteiger partial charge in [-0.15, -0.1) is 0 Å². The van der Waals surface area contributed by atoms with Gasteiger partial charge in [-0.2, -0.15) is 0 Å². The van der Waals surface area contributed by atoms with Gasteiger partial charge in [-0.05, 0) is 31.6 Å². The Labute approximate surface area is 88.8 Å². The summed E-state index contributed by atoms with van der Waals surface area (Å²) in [4.78, 5) is 0. The van der Waals surface area contributed by atoms with E-state index < -0.39 is 0 Å². The molecule has 0 bridgehead atoms. The number of nitrogens with one attached hydrogen (secondary N) is 1. The first-order chi connectivity index (χ1) is 7.33. The van der Waals surface area contributed by atoms with E-state index in [9.17, 15) is 5.11 Å². The molecule has 1 aliphatic heterocycles. The van der Waals surface area contributed by atoms with Gasteiger partial charge in [0, 0.05) is 0 Å². The topological polar surface area (TPSA) is 50.7 Å². The minimum absolute atomic E-state index is 0.211. The van der Waals surface area contributed by atoms with Crippen LogP contribution in [0.25, 0.3) is 0 Å². The lowest BCUT2D eigenvalue weighted by Crippen LogP contribution is -2.16. The Bertz CT molecular complexity index is 352. The Morgan fingerprint density at radius 3 is 2.93 bits per heavy atom. The average Bonchev–Trinajstić information content (AvgIpc) is 2.29. The molecule has 82 valence electrons. The summed E-state index contributed by atoms with van der Waals surface area (Å²) >= 11 is 0. The predicted molar refractivity (Wildman–Crippen MR) is 56.7 cm³/mol. The summed E-state index contributed by atoms with van der Waals surface area (Å²) < 4.78 is 10.7. The second-order valence-electron chi connectivity index (χ2n) is 3.45. The standard InChI is InChI=1S/C11H15NO3/c1-12-5-4-8-2-3-9-11(10(8)13)15-7-6-14-9/h2-3,12-13H,4-7H2,1H3. The first kappa shape index (κ1) is 10.1. The van der Waals surface area contributed by atoms with Gasteiger partial charge >= 0.3 is 0 Å². The van der Waals surface area contributed by atoms with E-state index in [4.69, 9.17) is 9.47 Å². The van der Waals surface area contributed by atoms with Gasteiger partial charge in [-0.3, -0.25) is 0 Å². The summed E-state index contributed by atoms with van der Waals surface area (Å²) in [5.74, 6) is 1.32. The van der Waals surface area contributed by atoms with Crippen molar-refractivity contribution < 1.29 is 14.6 Å². The van der Waals surface area contributed by atoms with E-state index in [1.54, 1.807) is 0 Å². The van der Waals surface area contributed by atoms with Crippen LogP contribution in [0.2, 0.25) is 0 Å². The summed E-state index contributed by atoms with van der Waals surface area (Å²) in [6.45, 7) is 1.87. The number of aromatic hydroxyl groups is 1. The van der Waals surface area contributed by atoms with E-state index in [1.165, 1.54) is 0 Å². The highest BCUT2D eigenvalue weighted by Crippen LogP contribution is 2.40. The van der Waals surface area contributed by atoms with Gasteiger partial charge in [0.2, 0.25) is 5.75 Å². The van der Waals surface area contributed by atoms with Crippen molar-refractivity contribution in [3.05, 3.63) is 17.7 Å². The summed E-state index contributed by atoms with van der Waals surface area (Å²) in [6, 6.07) is 3.72. The van der Waals surface area contributed by atoms with Crippen molar-refractivity contribution in [3.63, 3.8) is 0 Å². The summed E-state index contributed by atoms with van der Waals surface area (Å²) in [5, 5.41) is 13.0. The van der Waals surface area contributed by atoms with E-state index in [0.29, 0.717) is 24.7 Å². The zero-order chi connectivity index (χ0) is 10.7. The number of phenolic OH excluding ortho intramolecular Hbond substituents is 1. The molecule has 0 radical (unpaired) electrons. The number of ether oxygens (including phenoxy) is 2. The Hall–Kier alpha value is -1.42. The quantitative estimate of drug-likeness (QED) is 0.777. The van der Waals surface area contributed by atoms with Gasteiger partial charge in [-0.1, -0.05) is 6.07 Å². The normalized spacial score (nSPS) is 13.9. The molecule has 4 nitrogen and oxygen atoms in total. The lowest BCUT2D eigenvalue weighted by molar-refractivity contribution is 0.165. The maximum Gasteiger partial charge on any atom is 0.203 e. The summed E-state index contributed by atoms with van der Waals surface area (Å²) in [7, 11) is 1.88. The molecule has 15 heavy (non-hydrogen) atoms. The number of hydrogen-bond donors (Lipinski definition) is 2. The molecule has 1 heterocycles. The highest BCUT2D eigenvalue weighted by atomic mass is 16.6. The van der Waals surface area contributed by atoms with Crippen LogP contribution in [-0.4, -0.2) is 31.9 Å². The molecule has 2 rings (SSSR count). The smallest absolute Gasteiger partial charge is 0.203 e. The lowest BCUT2D eigenvalue weighted by Gasteiger charge is -2.20. The molecule has 0 fully saturated rings. The van der Waals surface area contributed by atoms with Crippen LogP contribution < -0.4 is 14.8 Å². The van der Waals surface area contributed by atoms with E-state index in [1.807, 2.05) is 19.2 Å². The molecule has 0 unspecified atom stereocenters. The highest BCUT2D eigenvalue weighted by Gasteiger charge is 2.18. The predicted octanol–water partition coefficient (Wildman–Crippen LogP) is 0.925. The van der Waals surface area contributed by atoms with Gasteiger partial charge < -0.3 is 19.9 Å². The van der Waals surface area contributed by atoms with Crippen LogP contribution in [0.15, 0.2) is 12.1 Å². The third-order valence-corrected chi connectivity index (χ3v) is 2.41. The zero-order valence-electron chi connectivity index (χ0n) is 8.75. The van der Waals surface area contributed by atoms with Crippen molar-refractivity contribution in [2.45, 2.75) is 6.42 Å². The molecular weight excluding hydrogens is 194 g/mol. The van der Waals surface area contributed by atoms with Crippen molar-refractivity contribution in [2.24, 2.45) is 0 Å². The maximum absolute atomic E-state index is 9.93. The van der Waals surface area contributed by atoms with Crippen molar-refractivity contribution >= 4 is 0 Å². The Morgan fingerprint density at radius 1 is 1.33 bits per heavy atom. The zero-order valence-corrected chi connectivity index (χ0v) is 8.75. The van der Waals surface area contributed by atoms with Gasteiger partial charge in [-0.25, -0.2) is 0 Å². The highest BCUT2D eigenvalue weighted by molar-refractivity contribution is 5.55. The number of fused-ring (bicyclic) bond motifs is 1.